The maximum Gasteiger partial charge on any atom is 0.134 e. The maximum atomic E-state index is 3.78. The van der Waals surface area contributed by atoms with Gasteiger partial charge in [-0.25, -0.2) is 0 Å². The van der Waals surface area contributed by atoms with Gasteiger partial charge in [-0.2, -0.15) is 15.0 Å². The smallest absolute Gasteiger partial charge is 0.134 e. The predicted molar refractivity (Wildman–Crippen MR) is 29.1 cm³/mol. The number of hydrogen-bond acceptors (Lipinski definition) is 2. The summed E-state index contributed by atoms with van der Waals surface area (Å²) in [6.07, 6.45) is 5.82. The van der Waals surface area contributed by atoms with E-state index in [1.807, 2.05) is 0 Å². The van der Waals surface area contributed by atoms with Crippen LogP contribution in [0, 0.1) is 6.20 Å². The largest absolute Gasteiger partial charge is 0.180 e. The predicted octanol–water partition coefficient (Wildman–Crippen LogP) is 0.264. The van der Waals surface area contributed by atoms with Crippen molar-refractivity contribution in [1.29, 1.82) is 0 Å². The van der Waals surface area contributed by atoms with E-state index in [1.165, 1.54) is 11.0 Å². The van der Waals surface area contributed by atoms with Crippen molar-refractivity contribution in [1.82, 2.24) is 15.0 Å². The second-order valence-corrected chi connectivity index (χ2v) is 1.32. The molecule has 0 aromatic carbocycles. The molecule has 0 unspecified atom stereocenters. The van der Waals surface area contributed by atoms with Crippen LogP contribution in [0.4, 0.5) is 0 Å². The lowest BCUT2D eigenvalue weighted by atomic mass is 10.7. The van der Waals surface area contributed by atoms with Crippen molar-refractivity contribution < 1.29 is 0 Å². The van der Waals surface area contributed by atoms with E-state index in [-0.39, 0.29) is 0 Å². The summed E-state index contributed by atoms with van der Waals surface area (Å²) in [5.41, 5.74) is 0. The van der Waals surface area contributed by atoms with Crippen LogP contribution < -0.4 is 0 Å². The minimum absolute atomic E-state index is 0.656. The van der Waals surface area contributed by atoms with Crippen LogP contribution in [0.2, 0.25) is 0 Å². The van der Waals surface area contributed by atoms with Gasteiger partial charge in [0, 0.05) is 0 Å². The molecule has 0 bridgehead atoms. The van der Waals surface area contributed by atoms with E-state index in [1.54, 1.807) is 6.08 Å². The van der Waals surface area contributed by atoms with E-state index in [0.29, 0.717) is 6.54 Å². The standard InChI is InChI=1S/C5H6N3/c1-2-5-8-6-3-4-7-8/h2-3H,1,5H2. The van der Waals surface area contributed by atoms with Gasteiger partial charge in [0.2, 0.25) is 0 Å². The molecular weight excluding hydrogens is 102 g/mol. The van der Waals surface area contributed by atoms with Gasteiger partial charge in [-0.05, 0) is 0 Å². The first kappa shape index (κ1) is 5.03. The van der Waals surface area contributed by atoms with Crippen molar-refractivity contribution in [2.45, 2.75) is 6.54 Å². The number of aromatic nitrogens is 3. The first-order chi connectivity index (χ1) is 3.93. The zero-order valence-electron chi connectivity index (χ0n) is 4.41. The fourth-order valence-corrected chi connectivity index (χ4v) is 0.414. The van der Waals surface area contributed by atoms with Gasteiger partial charge in [0.25, 0.3) is 0 Å². The van der Waals surface area contributed by atoms with Gasteiger partial charge in [-0.3, -0.25) is 0 Å². The third-order valence-corrected chi connectivity index (χ3v) is 0.714. The first-order valence-corrected chi connectivity index (χ1v) is 2.30. The fourth-order valence-electron chi connectivity index (χ4n) is 0.414. The molecule has 3 nitrogen and oxygen atoms in total. The molecule has 1 aromatic rings. The summed E-state index contributed by atoms with van der Waals surface area (Å²) in [4.78, 5) is 1.51. The van der Waals surface area contributed by atoms with E-state index in [2.05, 4.69) is 23.0 Å². The lowest BCUT2D eigenvalue weighted by Gasteiger charge is -1.86. The van der Waals surface area contributed by atoms with Crippen LogP contribution in [-0.4, -0.2) is 15.0 Å². The SMILES string of the molecule is C=CCn1n[c]cn1. The fraction of sp³-hybridized carbons (Fsp3) is 0.200. The Balaban J connectivity index is 2.62. The molecule has 0 aliphatic heterocycles. The Bertz CT molecular complexity index is 154. The first-order valence-electron chi connectivity index (χ1n) is 2.30. The molecule has 1 heterocycles. The Morgan fingerprint density at radius 2 is 2.75 bits per heavy atom. The van der Waals surface area contributed by atoms with Gasteiger partial charge in [-0.15, -0.1) is 6.58 Å². The van der Waals surface area contributed by atoms with Crippen molar-refractivity contribution in [2.24, 2.45) is 0 Å². The zero-order chi connectivity index (χ0) is 5.82. The highest BCUT2D eigenvalue weighted by Crippen LogP contribution is 1.75. The number of hydrogen-bond donors (Lipinski definition) is 0. The molecule has 0 aliphatic carbocycles. The van der Waals surface area contributed by atoms with Gasteiger partial charge in [0.15, 0.2) is 0 Å². The molecule has 41 valence electrons. The Hall–Kier alpha value is -1.12. The molecule has 0 fully saturated rings. The van der Waals surface area contributed by atoms with E-state index in [9.17, 15) is 0 Å². The van der Waals surface area contributed by atoms with Gasteiger partial charge in [0.05, 0.1) is 12.7 Å². The highest BCUT2D eigenvalue weighted by atomic mass is 15.5. The van der Waals surface area contributed by atoms with E-state index in [0.717, 1.165) is 0 Å². The number of allylic oxidation sites excluding steroid dienone is 1. The average molecular weight is 108 g/mol. The Morgan fingerprint density at radius 1 is 1.88 bits per heavy atom. The van der Waals surface area contributed by atoms with Crippen LogP contribution in [0.1, 0.15) is 0 Å². The minimum atomic E-state index is 0.656. The number of rotatable bonds is 2. The Labute approximate surface area is 47.6 Å². The highest BCUT2D eigenvalue weighted by Gasteiger charge is 1.82. The Morgan fingerprint density at radius 3 is 3.25 bits per heavy atom. The topological polar surface area (TPSA) is 30.7 Å². The molecule has 0 N–H and O–H groups in total. The van der Waals surface area contributed by atoms with Crippen molar-refractivity contribution in [3.8, 4) is 0 Å². The van der Waals surface area contributed by atoms with Gasteiger partial charge in [-0.1, -0.05) is 6.08 Å². The second-order valence-electron chi connectivity index (χ2n) is 1.32. The number of nitrogens with zero attached hydrogens (tertiary/aromatic N) is 3. The zero-order valence-corrected chi connectivity index (χ0v) is 4.41. The quantitative estimate of drug-likeness (QED) is 0.509. The second kappa shape index (κ2) is 2.26. The maximum absolute atomic E-state index is 3.78. The molecule has 3 heteroatoms. The normalized spacial score (nSPS) is 9.00. The molecule has 1 radical (unpaired) electrons. The minimum Gasteiger partial charge on any atom is -0.180 e. The molecule has 0 atom stereocenters. The van der Waals surface area contributed by atoms with Gasteiger partial charge < -0.3 is 0 Å². The van der Waals surface area contributed by atoms with Crippen LogP contribution >= 0.6 is 0 Å². The van der Waals surface area contributed by atoms with Crippen LogP contribution in [0.25, 0.3) is 0 Å². The van der Waals surface area contributed by atoms with Crippen molar-refractivity contribution in [2.75, 3.05) is 0 Å². The summed E-state index contributed by atoms with van der Waals surface area (Å²) in [5, 5.41) is 7.50. The summed E-state index contributed by atoms with van der Waals surface area (Å²) in [6.45, 7) is 4.18. The third-order valence-electron chi connectivity index (χ3n) is 0.714. The summed E-state index contributed by atoms with van der Waals surface area (Å²) in [7, 11) is 0. The van der Waals surface area contributed by atoms with Crippen molar-refractivity contribution >= 4 is 0 Å². The summed E-state index contributed by atoms with van der Waals surface area (Å²) in [5.74, 6) is 0. The summed E-state index contributed by atoms with van der Waals surface area (Å²) < 4.78 is 0. The molecule has 1 aromatic heterocycles. The summed E-state index contributed by atoms with van der Waals surface area (Å²) in [6, 6.07) is 0. The monoisotopic (exact) mass is 108 g/mol. The molecule has 0 saturated heterocycles. The van der Waals surface area contributed by atoms with E-state index in [4.69, 9.17) is 0 Å². The van der Waals surface area contributed by atoms with E-state index >= 15 is 0 Å². The van der Waals surface area contributed by atoms with Gasteiger partial charge >= 0.3 is 0 Å². The third kappa shape index (κ3) is 0.932. The van der Waals surface area contributed by atoms with Crippen molar-refractivity contribution in [3.63, 3.8) is 0 Å². The molecule has 0 spiro atoms. The Kier molecular flexibility index (Phi) is 1.42. The molecule has 1 rings (SSSR count). The lowest BCUT2D eigenvalue weighted by Crippen LogP contribution is -1.98. The van der Waals surface area contributed by atoms with Crippen molar-refractivity contribution in [3.05, 3.63) is 25.0 Å². The average Bonchev–Trinajstić information content (AvgIpc) is 2.19. The molecule has 0 saturated carbocycles. The summed E-state index contributed by atoms with van der Waals surface area (Å²) >= 11 is 0. The highest BCUT2D eigenvalue weighted by molar-refractivity contribution is 4.66. The molecular formula is C5H6N3. The molecule has 0 amide bonds. The van der Waals surface area contributed by atoms with Gasteiger partial charge in [0.1, 0.15) is 6.20 Å². The van der Waals surface area contributed by atoms with Crippen LogP contribution in [0.15, 0.2) is 18.9 Å². The molecule has 8 heavy (non-hydrogen) atoms. The van der Waals surface area contributed by atoms with Crippen LogP contribution in [0.3, 0.4) is 0 Å². The van der Waals surface area contributed by atoms with Crippen LogP contribution in [0.5, 0.6) is 0 Å². The van der Waals surface area contributed by atoms with E-state index < -0.39 is 0 Å². The van der Waals surface area contributed by atoms with Crippen LogP contribution in [-0.2, 0) is 6.54 Å². The molecule has 0 aliphatic rings. The lowest BCUT2D eigenvalue weighted by molar-refractivity contribution is 0.602.